The molecule has 1 aromatic carbocycles. The molecule has 2 aromatic rings. The Labute approximate surface area is 94.6 Å². The van der Waals surface area contributed by atoms with E-state index in [1.54, 1.807) is 12.1 Å². The molecule has 0 fully saturated rings. The third kappa shape index (κ3) is 1.73. The van der Waals surface area contributed by atoms with Crippen molar-refractivity contribution in [2.75, 3.05) is 0 Å². The first-order valence-corrected chi connectivity index (χ1v) is 4.74. The van der Waals surface area contributed by atoms with Crippen LogP contribution in [0.4, 0.5) is 5.69 Å². The van der Waals surface area contributed by atoms with E-state index in [1.807, 2.05) is 0 Å². The lowest BCUT2D eigenvalue weighted by molar-refractivity contribution is -0.383. The summed E-state index contributed by atoms with van der Waals surface area (Å²) in [7, 11) is 0. The number of benzene rings is 1. The van der Waals surface area contributed by atoms with E-state index in [4.69, 9.17) is 23.2 Å². The Kier molecular flexibility index (Phi) is 2.46. The molecule has 0 N–H and O–H groups in total. The van der Waals surface area contributed by atoms with Crippen LogP contribution < -0.4 is 0 Å². The standard InChI is InChI=1S/C9H4Cl2N2O2/c10-5-4-8(11)12-6-2-1-3-7(9(5)6)13(14)15/h1-4H. The van der Waals surface area contributed by atoms with E-state index in [2.05, 4.69) is 4.98 Å². The molecule has 6 heteroatoms. The van der Waals surface area contributed by atoms with Gasteiger partial charge in [0, 0.05) is 6.07 Å². The second kappa shape index (κ2) is 3.64. The summed E-state index contributed by atoms with van der Waals surface area (Å²) in [4.78, 5) is 14.2. The molecule has 0 spiro atoms. The van der Waals surface area contributed by atoms with Crippen molar-refractivity contribution in [3.8, 4) is 0 Å². The van der Waals surface area contributed by atoms with Crippen molar-refractivity contribution in [3.63, 3.8) is 0 Å². The quantitative estimate of drug-likeness (QED) is 0.437. The summed E-state index contributed by atoms with van der Waals surface area (Å²) >= 11 is 11.6. The number of nitrogens with zero attached hydrogens (tertiary/aromatic N) is 2. The molecule has 0 aliphatic rings. The first kappa shape index (κ1) is 10.1. The maximum absolute atomic E-state index is 10.7. The molecule has 76 valence electrons. The summed E-state index contributed by atoms with van der Waals surface area (Å²) in [5.74, 6) is 0. The van der Waals surface area contributed by atoms with Gasteiger partial charge in [-0.2, -0.15) is 0 Å². The Morgan fingerprint density at radius 2 is 2.07 bits per heavy atom. The van der Waals surface area contributed by atoms with E-state index in [1.165, 1.54) is 12.1 Å². The van der Waals surface area contributed by atoms with Gasteiger partial charge < -0.3 is 0 Å². The monoisotopic (exact) mass is 242 g/mol. The number of aromatic nitrogens is 1. The van der Waals surface area contributed by atoms with Crippen molar-refractivity contribution in [1.82, 2.24) is 4.98 Å². The number of pyridine rings is 1. The van der Waals surface area contributed by atoms with E-state index >= 15 is 0 Å². The summed E-state index contributed by atoms with van der Waals surface area (Å²) in [6.45, 7) is 0. The van der Waals surface area contributed by atoms with Crippen molar-refractivity contribution < 1.29 is 4.92 Å². The first-order valence-electron chi connectivity index (χ1n) is 3.99. The van der Waals surface area contributed by atoms with Gasteiger partial charge in [0.25, 0.3) is 5.69 Å². The third-order valence-corrected chi connectivity index (χ3v) is 2.42. The molecular formula is C9H4Cl2N2O2. The lowest BCUT2D eigenvalue weighted by Gasteiger charge is -2.01. The molecule has 0 atom stereocenters. The molecule has 0 saturated carbocycles. The maximum atomic E-state index is 10.7. The van der Waals surface area contributed by atoms with E-state index in [0.717, 1.165) is 0 Å². The maximum Gasteiger partial charge on any atom is 0.280 e. The number of rotatable bonds is 1. The summed E-state index contributed by atoms with van der Waals surface area (Å²) in [5, 5.41) is 11.5. The van der Waals surface area contributed by atoms with Crippen molar-refractivity contribution in [2.45, 2.75) is 0 Å². The minimum absolute atomic E-state index is 0.0679. The van der Waals surface area contributed by atoms with Crippen molar-refractivity contribution >= 4 is 39.8 Å². The molecule has 0 unspecified atom stereocenters. The van der Waals surface area contributed by atoms with Gasteiger partial charge in [-0.15, -0.1) is 0 Å². The largest absolute Gasteiger partial charge is 0.280 e. The van der Waals surface area contributed by atoms with Gasteiger partial charge in [0.05, 0.1) is 20.8 Å². The normalized spacial score (nSPS) is 10.5. The Morgan fingerprint density at radius 1 is 1.33 bits per heavy atom. The molecule has 15 heavy (non-hydrogen) atoms. The number of hydrogen-bond acceptors (Lipinski definition) is 3. The molecule has 2 rings (SSSR count). The molecule has 1 heterocycles. The minimum atomic E-state index is -0.496. The average molecular weight is 243 g/mol. The summed E-state index contributed by atoms with van der Waals surface area (Å²) < 4.78 is 0. The predicted octanol–water partition coefficient (Wildman–Crippen LogP) is 3.45. The first-order chi connectivity index (χ1) is 7.09. The number of nitro benzene ring substituents is 1. The van der Waals surface area contributed by atoms with Gasteiger partial charge in [0.2, 0.25) is 0 Å². The van der Waals surface area contributed by atoms with Crippen LogP contribution >= 0.6 is 23.2 Å². The topological polar surface area (TPSA) is 56.0 Å². The van der Waals surface area contributed by atoms with Crippen LogP contribution in [0, 0.1) is 10.1 Å². The van der Waals surface area contributed by atoms with Crippen LogP contribution in [0.5, 0.6) is 0 Å². The highest BCUT2D eigenvalue weighted by Gasteiger charge is 2.15. The van der Waals surface area contributed by atoms with Crippen LogP contribution in [0.3, 0.4) is 0 Å². The smallest absolute Gasteiger partial charge is 0.258 e. The van der Waals surface area contributed by atoms with Gasteiger partial charge in [-0.1, -0.05) is 29.3 Å². The SMILES string of the molecule is O=[N+]([O-])c1cccc2nc(Cl)cc(Cl)c12. The van der Waals surface area contributed by atoms with Gasteiger partial charge >= 0.3 is 0 Å². The molecule has 0 bridgehead atoms. The fourth-order valence-electron chi connectivity index (χ4n) is 1.34. The Balaban J connectivity index is 2.91. The van der Waals surface area contributed by atoms with Crippen LogP contribution in [0.15, 0.2) is 24.3 Å². The van der Waals surface area contributed by atoms with Crippen LogP contribution in [-0.4, -0.2) is 9.91 Å². The molecule has 0 aliphatic heterocycles. The summed E-state index contributed by atoms with van der Waals surface area (Å²) in [5.41, 5.74) is 0.350. The molecule has 0 amide bonds. The minimum Gasteiger partial charge on any atom is -0.258 e. The molecule has 0 radical (unpaired) electrons. The highest BCUT2D eigenvalue weighted by Crippen LogP contribution is 2.32. The number of halogens is 2. The van der Waals surface area contributed by atoms with E-state index in [9.17, 15) is 10.1 Å². The lowest BCUT2D eigenvalue weighted by Crippen LogP contribution is -1.91. The van der Waals surface area contributed by atoms with Crippen molar-refractivity contribution in [2.24, 2.45) is 0 Å². The lowest BCUT2D eigenvalue weighted by atomic mass is 10.2. The van der Waals surface area contributed by atoms with Crippen LogP contribution in [0.2, 0.25) is 10.2 Å². The van der Waals surface area contributed by atoms with Crippen molar-refractivity contribution in [3.05, 3.63) is 44.6 Å². The van der Waals surface area contributed by atoms with Crippen LogP contribution in [0.1, 0.15) is 0 Å². The number of non-ortho nitro benzene ring substituents is 1. The van der Waals surface area contributed by atoms with Crippen molar-refractivity contribution in [1.29, 1.82) is 0 Å². The molecule has 4 nitrogen and oxygen atoms in total. The number of hydrogen-bond donors (Lipinski definition) is 0. The Hall–Kier alpha value is -1.39. The van der Waals surface area contributed by atoms with E-state index < -0.39 is 4.92 Å². The highest BCUT2D eigenvalue weighted by molar-refractivity contribution is 6.38. The molecule has 1 aromatic heterocycles. The zero-order valence-electron chi connectivity index (χ0n) is 7.28. The zero-order chi connectivity index (χ0) is 11.0. The highest BCUT2D eigenvalue weighted by atomic mass is 35.5. The van der Waals surface area contributed by atoms with Gasteiger partial charge in [-0.25, -0.2) is 4.98 Å². The second-order valence-electron chi connectivity index (χ2n) is 2.86. The van der Waals surface area contributed by atoms with Crippen LogP contribution in [-0.2, 0) is 0 Å². The predicted molar refractivity (Wildman–Crippen MR) is 58.4 cm³/mol. The average Bonchev–Trinajstić information content (AvgIpc) is 2.16. The summed E-state index contributed by atoms with van der Waals surface area (Å²) in [6.07, 6.45) is 0. The van der Waals surface area contributed by atoms with Gasteiger partial charge in [0.1, 0.15) is 5.15 Å². The fourth-order valence-corrected chi connectivity index (χ4v) is 1.90. The molecule has 0 aliphatic carbocycles. The Morgan fingerprint density at radius 3 is 2.73 bits per heavy atom. The number of nitro groups is 1. The van der Waals surface area contributed by atoms with Gasteiger partial charge in [-0.3, -0.25) is 10.1 Å². The van der Waals surface area contributed by atoms with E-state index in [0.29, 0.717) is 10.9 Å². The number of fused-ring (bicyclic) bond motifs is 1. The summed E-state index contributed by atoms with van der Waals surface area (Å²) in [6, 6.07) is 5.93. The fraction of sp³-hybridized carbons (Fsp3) is 0. The zero-order valence-corrected chi connectivity index (χ0v) is 8.79. The van der Waals surface area contributed by atoms with E-state index in [-0.39, 0.29) is 15.9 Å². The third-order valence-electron chi connectivity index (χ3n) is 1.93. The van der Waals surface area contributed by atoms with Gasteiger partial charge in [-0.05, 0) is 12.1 Å². The molecule has 0 saturated heterocycles. The second-order valence-corrected chi connectivity index (χ2v) is 3.65. The van der Waals surface area contributed by atoms with Gasteiger partial charge in [0.15, 0.2) is 0 Å². The van der Waals surface area contributed by atoms with Crippen LogP contribution in [0.25, 0.3) is 10.9 Å². The molecular weight excluding hydrogens is 239 g/mol. The Bertz CT molecular complexity index is 557.